The monoisotopic (exact) mass is 340 g/mol. The fraction of sp³-hybridized carbons (Fsp3) is 0.300. The minimum atomic E-state index is -0.659. The van der Waals surface area contributed by atoms with Gasteiger partial charge >= 0.3 is 0 Å². The molecule has 0 saturated heterocycles. The Morgan fingerprint density at radius 2 is 1.80 bits per heavy atom. The summed E-state index contributed by atoms with van der Waals surface area (Å²) in [6, 6.07) is 12.7. The highest BCUT2D eigenvalue weighted by Gasteiger charge is 2.17. The molecule has 5 heteroatoms. The minimum absolute atomic E-state index is 0.115. The van der Waals surface area contributed by atoms with E-state index in [0.717, 1.165) is 11.1 Å². The highest BCUT2D eigenvalue weighted by atomic mass is 16.5. The van der Waals surface area contributed by atoms with Crippen LogP contribution in [0.2, 0.25) is 0 Å². The molecule has 2 amide bonds. The smallest absolute Gasteiger partial charge is 0.265 e. The average Bonchev–Trinajstić information content (AvgIpc) is 2.57. The van der Waals surface area contributed by atoms with E-state index in [1.807, 2.05) is 32.0 Å². The van der Waals surface area contributed by atoms with Gasteiger partial charge in [-0.1, -0.05) is 18.2 Å². The number of carbonyl (C=O) groups excluding carboxylic acids is 2. The largest absolute Gasteiger partial charge is 0.481 e. The molecule has 0 aliphatic carbocycles. The van der Waals surface area contributed by atoms with E-state index in [9.17, 15) is 9.59 Å². The first-order valence-electron chi connectivity index (χ1n) is 8.14. The second-order valence-electron chi connectivity index (χ2n) is 6.30. The highest BCUT2D eigenvalue weighted by Crippen LogP contribution is 2.21. The van der Waals surface area contributed by atoms with Crippen LogP contribution in [0.4, 0.5) is 5.69 Å². The molecule has 0 aromatic heterocycles. The van der Waals surface area contributed by atoms with Crippen LogP contribution in [0.25, 0.3) is 0 Å². The van der Waals surface area contributed by atoms with Crippen molar-refractivity contribution in [3.05, 3.63) is 59.2 Å². The number of benzene rings is 2. The van der Waals surface area contributed by atoms with Gasteiger partial charge in [-0.15, -0.1) is 0 Å². The van der Waals surface area contributed by atoms with Gasteiger partial charge in [-0.25, -0.2) is 0 Å². The lowest BCUT2D eigenvalue weighted by Crippen LogP contribution is -2.30. The topological polar surface area (TPSA) is 58.6 Å². The van der Waals surface area contributed by atoms with Crippen LogP contribution in [0.3, 0.4) is 0 Å². The zero-order chi connectivity index (χ0) is 18.6. The molecule has 0 radical (unpaired) electrons. The summed E-state index contributed by atoms with van der Waals surface area (Å²) >= 11 is 0. The molecule has 1 N–H and O–H groups in total. The van der Waals surface area contributed by atoms with Crippen LogP contribution in [0.5, 0.6) is 5.75 Å². The molecule has 0 heterocycles. The summed E-state index contributed by atoms with van der Waals surface area (Å²) in [7, 11) is 3.38. The molecule has 2 aromatic rings. The number of hydrogen-bond acceptors (Lipinski definition) is 3. The van der Waals surface area contributed by atoms with E-state index in [1.165, 1.54) is 4.90 Å². The van der Waals surface area contributed by atoms with Crippen molar-refractivity contribution >= 4 is 17.5 Å². The van der Waals surface area contributed by atoms with Gasteiger partial charge in [0.05, 0.1) is 0 Å². The van der Waals surface area contributed by atoms with Gasteiger partial charge in [-0.2, -0.15) is 0 Å². The van der Waals surface area contributed by atoms with Crippen molar-refractivity contribution in [3.63, 3.8) is 0 Å². The van der Waals surface area contributed by atoms with E-state index in [-0.39, 0.29) is 11.8 Å². The Morgan fingerprint density at radius 1 is 1.08 bits per heavy atom. The van der Waals surface area contributed by atoms with Gasteiger partial charge in [0.15, 0.2) is 6.10 Å². The van der Waals surface area contributed by atoms with Crippen molar-refractivity contribution in [1.82, 2.24) is 4.90 Å². The van der Waals surface area contributed by atoms with E-state index < -0.39 is 6.10 Å². The number of rotatable bonds is 5. The lowest BCUT2D eigenvalue weighted by molar-refractivity contribution is -0.122. The van der Waals surface area contributed by atoms with Gasteiger partial charge in [0.1, 0.15) is 5.75 Å². The number of carbonyl (C=O) groups is 2. The third kappa shape index (κ3) is 4.83. The van der Waals surface area contributed by atoms with Crippen LogP contribution in [0, 0.1) is 13.8 Å². The van der Waals surface area contributed by atoms with Crippen LogP contribution in [0.1, 0.15) is 28.4 Å². The van der Waals surface area contributed by atoms with Gasteiger partial charge < -0.3 is 15.0 Å². The molecule has 2 aromatic carbocycles. The van der Waals surface area contributed by atoms with Crippen molar-refractivity contribution < 1.29 is 14.3 Å². The maximum atomic E-state index is 12.4. The van der Waals surface area contributed by atoms with E-state index in [1.54, 1.807) is 45.3 Å². The molecule has 0 saturated carbocycles. The SMILES string of the molecule is Cc1ccc(C)c(OC(C)C(=O)Nc2cccc(C(=O)N(C)C)c2)c1. The molecular formula is C20H24N2O3. The fourth-order valence-corrected chi connectivity index (χ4v) is 2.31. The first kappa shape index (κ1) is 18.5. The maximum Gasteiger partial charge on any atom is 0.265 e. The summed E-state index contributed by atoms with van der Waals surface area (Å²) in [4.78, 5) is 25.9. The molecule has 1 unspecified atom stereocenters. The van der Waals surface area contributed by atoms with E-state index in [2.05, 4.69) is 5.32 Å². The zero-order valence-electron chi connectivity index (χ0n) is 15.3. The summed E-state index contributed by atoms with van der Waals surface area (Å²) in [5, 5.41) is 2.80. The number of nitrogens with zero attached hydrogens (tertiary/aromatic N) is 1. The summed E-state index contributed by atoms with van der Waals surface area (Å²) in [5.41, 5.74) is 3.13. The number of amides is 2. The average molecular weight is 340 g/mol. The van der Waals surface area contributed by atoms with Crippen LogP contribution < -0.4 is 10.1 Å². The third-order valence-electron chi connectivity index (χ3n) is 3.80. The van der Waals surface area contributed by atoms with Crippen LogP contribution in [-0.4, -0.2) is 36.9 Å². The maximum absolute atomic E-state index is 12.4. The normalized spacial score (nSPS) is 11.6. The number of nitrogens with one attached hydrogen (secondary N) is 1. The third-order valence-corrected chi connectivity index (χ3v) is 3.80. The van der Waals surface area contributed by atoms with E-state index in [4.69, 9.17) is 4.74 Å². The molecule has 2 rings (SSSR count). The molecule has 0 spiro atoms. The Balaban J connectivity index is 2.07. The lowest BCUT2D eigenvalue weighted by Gasteiger charge is -2.17. The van der Waals surface area contributed by atoms with Crippen LogP contribution >= 0.6 is 0 Å². The van der Waals surface area contributed by atoms with Gasteiger partial charge in [-0.05, 0) is 56.2 Å². The Labute approximate surface area is 148 Å². The highest BCUT2D eigenvalue weighted by molar-refractivity contribution is 5.98. The number of hydrogen-bond donors (Lipinski definition) is 1. The molecule has 0 bridgehead atoms. The minimum Gasteiger partial charge on any atom is -0.481 e. The summed E-state index contributed by atoms with van der Waals surface area (Å²) in [6.45, 7) is 5.62. The Morgan fingerprint density at radius 3 is 2.48 bits per heavy atom. The Hall–Kier alpha value is -2.82. The van der Waals surface area contributed by atoms with Gasteiger partial charge in [0.25, 0.3) is 11.8 Å². The molecule has 0 aliphatic rings. The zero-order valence-corrected chi connectivity index (χ0v) is 15.3. The first-order valence-corrected chi connectivity index (χ1v) is 8.14. The predicted molar refractivity (Wildman–Crippen MR) is 99.1 cm³/mol. The standard InChI is InChI=1S/C20H24N2O3/c1-13-9-10-14(2)18(11-13)25-15(3)19(23)21-17-8-6-7-16(12-17)20(24)22(4)5/h6-12,15H,1-5H3,(H,21,23). The molecule has 132 valence electrons. The summed E-state index contributed by atoms with van der Waals surface area (Å²) in [6.07, 6.45) is -0.659. The first-order chi connectivity index (χ1) is 11.8. The fourth-order valence-electron chi connectivity index (χ4n) is 2.31. The summed E-state index contributed by atoms with van der Waals surface area (Å²) in [5.74, 6) is 0.310. The van der Waals surface area contributed by atoms with E-state index >= 15 is 0 Å². The lowest BCUT2D eigenvalue weighted by atomic mass is 10.1. The van der Waals surface area contributed by atoms with Crippen molar-refractivity contribution in [2.24, 2.45) is 0 Å². The number of aryl methyl sites for hydroxylation is 2. The molecule has 1 atom stereocenters. The number of anilines is 1. The second kappa shape index (κ2) is 7.83. The van der Waals surface area contributed by atoms with Gasteiger partial charge in [0, 0.05) is 25.3 Å². The molecule has 25 heavy (non-hydrogen) atoms. The molecular weight excluding hydrogens is 316 g/mol. The Bertz CT molecular complexity index is 784. The van der Waals surface area contributed by atoms with Crippen molar-refractivity contribution in [1.29, 1.82) is 0 Å². The van der Waals surface area contributed by atoms with Crippen LogP contribution in [-0.2, 0) is 4.79 Å². The quantitative estimate of drug-likeness (QED) is 0.907. The van der Waals surface area contributed by atoms with Crippen LogP contribution in [0.15, 0.2) is 42.5 Å². The number of ether oxygens (including phenoxy) is 1. The molecule has 0 aliphatic heterocycles. The van der Waals surface area contributed by atoms with Gasteiger partial charge in [-0.3, -0.25) is 9.59 Å². The van der Waals surface area contributed by atoms with E-state index in [0.29, 0.717) is 17.0 Å². The summed E-state index contributed by atoms with van der Waals surface area (Å²) < 4.78 is 5.79. The van der Waals surface area contributed by atoms with Gasteiger partial charge in [0.2, 0.25) is 0 Å². The second-order valence-corrected chi connectivity index (χ2v) is 6.30. The molecule has 5 nitrogen and oxygen atoms in total. The van der Waals surface area contributed by atoms with Crippen molar-refractivity contribution in [2.45, 2.75) is 26.9 Å². The van der Waals surface area contributed by atoms with Crippen molar-refractivity contribution in [3.8, 4) is 5.75 Å². The predicted octanol–water partition coefficient (Wildman–Crippen LogP) is 3.41. The van der Waals surface area contributed by atoms with Crippen molar-refractivity contribution in [2.75, 3.05) is 19.4 Å². The Kier molecular flexibility index (Phi) is 5.80. The molecule has 0 fully saturated rings.